The fraction of sp³-hybridized carbons (Fsp3) is 0.273. The number of halogens is 1. The van der Waals surface area contributed by atoms with Crippen LogP contribution in [0.5, 0.6) is 5.75 Å². The molecule has 2 aromatic carbocycles. The van der Waals surface area contributed by atoms with Gasteiger partial charge >= 0.3 is 0 Å². The highest BCUT2D eigenvalue weighted by Gasteiger charge is 2.39. The van der Waals surface area contributed by atoms with E-state index in [1.165, 1.54) is 31.4 Å². The molecule has 7 heteroatoms. The Kier molecular flexibility index (Phi) is 6.29. The lowest BCUT2D eigenvalue weighted by atomic mass is 10.0. The Hall–Kier alpha value is -3.19. The second-order valence-electron chi connectivity index (χ2n) is 6.76. The Bertz CT molecular complexity index is 938. The van der Waals surface area contributed by atoms with Gasteiger partial charge < -0.3 is 14.8 Å². The van der Waals surface area contributed by atoms with Crippen LogP contribution in [-0.4, -0.2) is 43.1 Å². The molecule has 1 aliphatic heterocycles. The van der Waals surface area contributed by atoms with Crippen molar-refractivity contribution in [2.45, 2.75) is 20.0 Å². The molecule has 0 radical (unpaired) electrons. The summed E-state index contributed by atoms with van der Waals surface area (Å²) in [4.78, 5) is 27.3. The Labute approximate surface area is 168 Å². The van der Waals surface area contributed by atoms with Crippen molar-refractivity contribution in [2.75, 3.05) is 25.6 Å². The van der Waals surface area contributed by atoms with Gasteiger partial charge in [0.2, 0.25) is 0 Å². The Morgan fingerprint density at radius 2 is 1.72 bits per heavy atom. The molecule has 0 aliphatic carbocycles. The van der Waals surface area contributed by atoms with E-state index in [0.29, 0.717) is 17.0 Å². The molecule has 2 amide bonds. The number of nitrogens with one attached hydrogen (secondary N) is 1. The molecule has 0 unspecified atom stereocenters. The van der Waals surface area contributed by atoms with E-state index >= 15 is 0 Å². The van der Waals surface area contributed by atoms with Crippen LogP contribution in [0.3, 0.4) is 0 Å². The maximum absolute atomic E-state index is 13.4. The van der Waals surface area contributed by atoms with Gasteiger partial charge in [0.15, 0.2) is 0 Å². The number of hydrogen-bond acceptors (Lipinski definition) is 5. The summed E-state index contributed by atoms with van der Waals surface area (Å²) in [7, 11) is 1.52. The summed E-state index contributed by atoms with van der Waals surface area (Å²) in [5.74, 6) is -0.813. The highest BCUT2D eigenvalue weighted by Crippen LogP contribution is 2.33. The van der Waals surface area contributed by atoms with Crippen LogP contribution in [0.2, 0.25) is 0 Å². The number of imide groups is 1. The van der Waals surface area contributed by atoms with Crippen molar-refractivity contribution in [3.8, 4) is 5.75 Å². The molecule has 1 N–H and O–H groups in total. The van der Waals surface area contributed by atoms with E-state index in [2.05, 4.69) is 5.32 Å². The molecule has 0 atom stereocenters. The molecular formula is C22H23FN2O4. The number of para-hydroxylation sites is 2. The predicted molar refractivity (Wildman–Crippen MR) is 108 cm³/mol. The van der Waals surface area contributed by atoms with Crippen molar-refractivity contribution in [1.82, 2.24) is 4.90 Å². The lowest BCUT2D eigenvalue weighted by molar-refractivity contribution is -0.137. The minimum absolute atomic E-state index is 0.0153. The molecule has 3 rings (SSSR count). The van der Waals surface area contributed by atoms with Crippen molar-refractivity contribution < 1.29 is 23.5 Å². The van der Waals surface area contributed by atoms with Crippen LogP contribution in [-0.2, 0) is 14.3 Å². The highest BCUT2D eigenvalue weighted by atomic mass is 19.1. The standard InChI is InChI=1S/C22H23FN2O4/c1-14(2)29-13-12-25-21(26)19(15-8-10-16(23)11-9-15)20(22(25)27)24-17-6-4-5-7-18(17)28-3/h4-11,14,24H,12-13H2,1-3H3. The number of benzene rings is 2. The van der Waals surface area contributed by atoms with E-state index in [9.17, 15) is 14.0 Å². The molecule has 2 aromatic rings. The number of anilines is 1. The summed E-state index contributed by atoms with van der Waals surface area (Å²) in [5.41, 5.74) is 1.31. The van der Waals surface area contributed by atoms with Crippen LogP contribution in [0.4, 0.5) is 10.1 Å². The summed E-state index contributed by atoms with van der Waals surface area (Å²) in [6, 6.07) is 12.6. The van der Waals surface area contributed by atoms with E-state index in [1.807, 2.05) is 13.8 Å². The molecule has 0 aromatic heterocycles. The quantitative estimate of drug-likeness (QED) is 0.690. The summed E-state index contributed by atoms with van der Waals surface area (Å²) in [6.45, 7) is 4.11. The molecule has 152 valence electrons. The van der Waals surface area contributed by atoms with Gasteiger partial charge in [-0.1, -0.05) is 24.3 Å². The second-order valence-corrected chi connectivity index (χ2v) is 6.76. The minimum atomic E-state index is -0.465. The van der Waals surface area contributed by atoms with Crippen LogP contribution >= 0.6 is 0 Å². The van der Waals surface area contributed by atoms with Gasteiger partial charge in [-0.05, 0) is 43.7 Å². The van der Waals surface area contributed by atoms with Gasteiger partial charge in [-0.3, -0.25) is 14.5 Å². The van der Waals surface area contributed by atoms with Crippen LogP contribution in [0.25, 0.3) is 5.57 Å². The van der Waals surface area contributed by atoms with Gasteiger partial charge in [-0.25, -0.2) is 4.39 Å². The number of ether oxygens (including phenoxy) is 2. The number of carbonyl (C=O) groups is 2. The van der Waals surface area contributed by atoms with Crippen LogP contribution in [0, 0.1) is 5.82 Å². The first-order chi connectivity index (χ1) is 13.9. The van der Waals surface area contributed by atoms with E-state index in [4.69, 9.17) is 9.47 Å². The highest BCUT2D eigenvalue weighted by molar-refractivity contribution is 6.36. The monoisotopic (exact) mass is 398 g/mol. The average molecular weight is 398 g/mol. The van der Waals surface area contributed by atoms with Gasteiger partial charge in [0.05, 0.1) is 37.6 Å². The number of carbonyl (C=O) groups excluding carboxylic acids is 2. The van der Waals surface area contributed by atoms with Gasteiger partial charge in [0.1, 0.15) is 17.3 Å². The predicted octanol–water partition coefficient (Wildman–Crippen LogP) is 3.45. The molecule has 0 fully saturated rings. The molecule has 1 aliphatic rings. The van der Waals surface area contributed by atoms with Gasteiger partial charge in [-0.2, -0.15) is 0 Å². The SMILES string of the molecule is COc1ccccc1NC1=C(c2ccc(F)cc2)C(=O)N(CCOC(C)C)C1=O. The van der Waals surface area contributed by atoms with Crippen molar-refractivity contribution in [2.24, 2.45) is 0 Å². The van der Waals surface area contributed by atoms with Crippen LogP contribution in [0.1, 0.15) is 19.4 Å². The maximum Gasteiger partial charge on any atom is 0.278 e. The third kappa shape index (κ3) is 4.46. The van der Waals surface area contributed by atoms with Gasteiger partial charge in [-0.15, -0.1) is 0 Å². The number of amides is 2. The van der Waals surface area contributed by atoms with Crippen LogP contribution < -0.4 is 10.1 Å². The van der Waals surface area contributed by atoms with Crippen molar-refractivity contribution in [3.05, 3.63) is 65.6 Å². The molecule has 6 nitrogen and oxygen atoms in total. The van der Waals surface area contributed by atoms with Gasteiger partial charge in [0.25, 0.3) is 11.8 Å². The van der Waals surface area contributed by atoms with E-state index in [1.54, 1.807) is 24.3 Å². The molecule has 0 saturated heterocycles. The first-order valence-corrected chi connectivity index (χ1v) is 9.30. The smallest absolute Gasteiger partial charge is 0.278 e. The van der Waals surface area contributed by atoms with Gasteiger partial charge in [0, 0.05) is 0 Å². The average Bonchev–Trinajstić information content (AvgIpc) is 2.93. The molecule has 0 bridgehead atoms. The summed E-state index contributed by atoms with van der Waals surface area (Å²) in [5, 5.41) is 3.04. The van der Waals surface area contributed by atoms with Crippen molar-refractivity contribution >= 4 is 23.1 Å². The molecule has 0 spiro atoms. The van der Waals surface area contributed by atoms with Crippen molar-refractivity contribution in [3.63, 3.8) is 0 Å². The van der Waals surface area contributed by atoms with E-state index in [0.717, 1.165) is 4.90 Å². The lowest BCUT2D eigenvalue weighted by Gasteiger charge is -2.16. The first-order valence-electron chi connectivity index (χ1n) is 9.30. The Morgan fingerprint density at radius 1 is 1.03 bits per heavy atom. The summed E-state index contributed by atoms with van der Waals surface area (Å²) >= 11 is 0. The fourth-order valence-corrected chi connectivity index (χ4v) is 3.04. The van der Waals surface area contributed by atoms with E-state index < -0.39 is 17.6 Å². The molecular weight excluding hydrogens is 375 g/mol. The molecule has 29 heavy (non-hydrogen) atoms. The zero-order valence-corrected chi connectivity index (χ0v) is 16.6. The first kappa shape index (κ1) is 20.5. The third-order valence-electron chi connectivity index (χ3n) is 4.43. The Balaban J connectivity index is 1.98. The van der Waals surface area contributed by atoms with E-state index in [-0.39, 0.29) is 30.5 Å². The number of nitrogens with zero attached hydrogens (tertiary/aromatic N) is 1. The number of methoxy groups -OCH3 is 1. The minimum Gasteiger partial charge on any atom is -0.495 e. The normalized spacial score (nSPS) is 14.2. The topological polar surface area (TPSA) is 67.9 Å². The zero-order valence-electron chi connectivity index (χ0n) is 16.6. The summed E-state index contributed by atoms with van der Waals surface area (Å²) in [6.07, 6.45) is -0.0153. The maximum atomic E-state index is 13.4. The lowest BCUT2D eigenvalue weighted by Crippen LogP contribution is -2.35. The zero-order chi connectivity index (χ0) is 21.0. The Morgan fingerprint density at radius 3 is 2.38 bits per heavy atom. The summed E-state index contributed by atoms with van der Waals surface area (Å²) < 4.78 is 24.2. The molecule has 0 saturated carbocycles. The van der Waals surface area contributed by atoms with Crippen molar-refractivity contribution in [1.29, 1.82) is 0 Å². The third-order valence-corrected chi connectivity index (χ3v) is 4.43. The largest absolute Gasteiger partial charge is 0.495 e. The number of rotatable bonds is 8. The fourth-order valence-electron chi connectivity index (χ4n) is 3.04. The number of hydrogen-bond donors (Lipinski definition) is 1. The second kappa shape index (κ2) is 8.87. The molecule has 1 heterocycles. The van der Waals surface area contributed by atoms with Crippen LogP contribution in [0.15, 0.2) is 54.2 Å².